The van der Waals surface area contributed by atoms with E-state index in [1.165, 1.54) is 0 Å². The van der Waals surface area contributed by atoms with Crippen LogP contribution in [0.25, 0.3) is 17.0 Å². The normalized spacial score (nSPS) is 16.6. The fourth-order valence-electron chi connectivity index (χ4n) is 2.09. The van der Waals surface area contributed by atoms with Gasteiger partial charge in [0.2, 0.25) is 0 Å². The highest BCUT2D eigenvalue weighted by Gasteiger charge is 2.21. The molecule has 1 aliphatic heterocycles. The lowest BCUT2D eigenvalue weighted by atomic mass is 10.0. The standard InChI is InChI=1S/C15H15NO/c1-10-4-5-11-9-14-12(8-13(11)16-10)6-7-15(2,3)17-14/h4-9H,1-3H3. The van der Waals surface area contributed by atoms with Crippen LogP contribution in [0.1, 0.15) is 25.1 Å². The molecule has 1 aromatic carbocycles. The average molecular weight is 225 g/mol. The zero-order valence-corrected chi connectivity index (χ0v) is 10.3. The van der Waals surface area contributed by atoms with E-state index in [0.29, 0.717) is 0 Å². The molecule has 0 N–H and O–H groups in total. The molecule has 0 atom stereocenters. The van der Waals surface area contributed by atoms with Gasteiger partial charge in [0.05, 0.1) is 5.52 Å². The van der Waals surface area contributed by atoms with Crippen LogP contribution in [0.3, 0.4) is 0 Å². The topological polar surface area (TPSA) is 22.1 Å². The summed E-state index contributed by atoms with van der Waals surface area (Å²) in [6.45, 7) is 6.13. The lowest BCUT2D eigenvalue weighted by Gasteiger charge is -2.28. The molecule has 1 aromatic heterocycles. The van der Waals surface area contributed by atoms with Crippen LogP contribution < -0.4 is 4.74 Å². The van der Waals surface area contributed by atoms with Crippen LogP contribution in [0.5, 0.6) is 5.75 Å². The molecule has 2 nitrogen and oxygen atoms in total. The Bertz CT molecular complexity index is 626. The number of nitrogens with zero attached hydrogens (tertiary/aromatic N) is 1. The molecule has 0 aliphatic carbocycles. The summed E-state index contributed by atoms with van der Waals surface area (Å²) in [7, 11) is 0. The van der Waals surface area contributed by atoms with Gasteiger partial charge < -0.3 is 4.74 Å². The number of hydrogen-bond acceptors (Lipinski definition) is 2. The summed E-state index contributed by atoms with van der Waals surface area (Å²) >= 11 is 0. The summed E-state index contributed by atoms with van der Waals surface area (Å²) in [6, 6.07) is 8.27. The molecule has 0 saturated heterocycles. The van der Waals surface area contributed by atoms with Crippen LogP contribution in [0.15, 0.2) is 30.3 Å². The van der Waals surface area contributed by atoms with E-state index in [0.717, 1.165) is 27.9 Å². The van der Waals surface area contributed by atoms with E-state index in [9.17, 15) is 0 Å². The summed E-state index contributed by atoms with van der Waals surface area (Å²) < 4.78 is 5.94. The molecule has 2 heterocycles. The first-order valence-corrected chi connectivity index (χ1v) is 5.83. The minimum absolute atomic E-state index is 0.223. The van der Waals surface area contributed by atoms with Crippen molar-refractivity contribution in [2.24, 2.45) is 0 Å². The van der Waals surface area contributed by atoms with Crippen LogP contribution in [0.4, 0.5) is 0 Å². The molecule has 3 rings (SSSR count). The van der Waals surface area contributed by atoms with Gasteiger partial charge in [-0.25, -0.2) is 0 Å². The number of aromatic nitrogens is 1. The first-order valence-electron chi connectivity index (χ1n) is 5.83. The summed E-state index contributed by atoms with van der Waals surface area (Å²) in [5, 5.41) is 1.13. The third-order valence-corrected chi connectivity index (χ3v) is 3.00. The Morgan fingerprint density at radius 1 is 1.18 bits per heavy atom. The third-order valence-electron chi connectivity index (χ3n) is 3.00. The van der Waals surface area contributed by atoms with Crippen molar-refractivity contribution in [3.8, 4) is 5.75 Å². The second kappa shape index (κ2) is 3.33. The van der Waals surface area contributed by atoms with Gasteiger partial charge >= 0.3 is 0 Å². The van der Waals surface area contributed by atoms with Gasteiger partial charge in [-0.15, -0.1) is 0 Å². The lowest BCUT2D eigenvalue weighted by Crippen LogP contribution is -2.27. The van der Waals surface area contributed by atoms with E-state index < -0.39 is 0 Å². The molecule has 0 bridgehead atoms. The summed E-state index contributed by atoms with van der Waals surface area (Å²) in [6.07, 6.45) is 4.19. The Morgan fingerprint density at radius 2 is 2.00 bits per heavy atom. The van der Waals surface area contributed by atoms with Crippen molar-refractivity contribution in [2.45, 2.75) is 26.4 Å². The van der Waals surface area contributed by atoms with Crippen LogP contribution in [-0.2, 0) is 0 Å². The SMILES string of the molecule is Cc1ccc2cc3c(cc2n1)C=CC(C)(C)O3. The van der Waals surface area contributed by atoms with Crippen molar-refractivity contribution in [2.75, 3.05) is 0 Å². The number of rotatable bonds is 0. The Morgan fingerprint density at radius 3 is 2.82 bits per heavy atom. The highest BCUT2D eigenvalue weighted by atomic mass is 16.5. The minimum atomic E-state index is -0.223. The maximum absolute atomic E-state index is 5.94. The molecular formula is C15H15NO. The predicted molar refractivity (Wildman–Crippen MR) is 70.2 cm³/mol. The van der Waals surface area contributed by atoms with E-state index in [1.54, 1.807) is 0 Å². The molecule has 17 heavy (non-hydrogen) atoms. The van der Waals surface area contributed by atoms with E-state index in [4.69, 9.17) is 4.74 Å². The van der Waals surface area contributed by atoms with Gasteiger partial charge in [-0.2, -0.15) is 0 Å². The third kappa shape index (κ3) is 1.80. The van der Waals surface area contributed by atoms with Crippen LogP contribution in [-0.4, -0.2) is 10.6 Å². The lowest BCUT2D eigenvalue weighted by molar-refractivity contribution is 0.159. The fraction of sp³-hybridized carbons (Fsp3) is 0.267. The Kier molecular flexibility index (Phi) is 2.02. The molecule has 2 heteroatoms. The van der Waals surface area contributed by atoms with Crippen LogP contribution in [0.2, 0.25) is 0 Å². The van der Waals surface area contributed by atoms with E-state index in [1.807, 2.05) is 13.0 Å². The Balaban J connectivity index is 2.23. The monoisotopic (exact) mass is 225 g/mol. The predicted octanol–water partition coefficient (Wildman–Crippen LogP) is 3.73. The van der Waals surface area contributed by atoms with Gasteiger partial charge in [0, 0.05) is 16.6 Å². The molecule has 2 aromatic rings. The van der Waals surface area contributed by atoms with Gasteiger partial charge in [0.1, 0.15) is 11.4 Å². The molecule has 0 fully saturated rings. The molecule has 1 aliphatic rings. The van der Waals surface area contributed by atoms with Crippen molar-refractivity contribution < 1.29 is 4.74 Å². The first-order chi connectivity index (χ1) is 8.03. The van der Waals surface area contributed by atoms with Crippen LogP contribution in [0, 0.1) is 6.92 Å². The van der Waals surface area contributed by atoms with E-state index in [2.05, 4.69) is 49.2 Å². The molecule has 86 valence electrons. The van der Waals surface area contributed by atoms with Crippen molar-refractivity contribution in [3.63, 3.8) is 0 Å². The zero-order chi connectivity index (χ0) is 12.0. The van der Waals surface area contributed by atoms with Crippen molar-refractivity contribution in [1.29, 1.82) is 0 Å². The first kappa shape index (κ1) is 10.3. The minimum Gasteiger partial charge on any atom is -0.483 e. The number of pyridine rings is 1. The highest BCUT2D eigenvalue weighted by Crippen LogP contribution is 2.33. The Hall–Kier alpha value is -1.83. The summed E-state index contributed by atoms with van der Waals surface area (Å²) in [5.41, 5.74) is 2.95. The number of hydrogen-bond donors (Lipinski definition) is 0. The zero-order valence-electron chi connectivity index (χ0n) is 10.3. The summed E-state index contributed by atoms with van der Waals surface area (Å²) in [4.78, 5) is 4.53. The van der Waals surface area contributed by atoms with Gasteiger partial charge in [-0.05, 0) is 45.0 Å². The smallest absolute Gasteiger partial charge is 0.128 e. The molecule has 0 radical (unpaired) electrons. The van der Waals surface area contributed by atoms with Gasteiger partial charge in [0.15, 0.2) is 0 Å². The molecular weight excluding hydrogens is 210 g/mol. The second-order valence-corrected chi connectivity index (χ2v) is 5.07. The van der Waals surface area contributed by atoms with Gasteiger partial charge in [-0.1, -0.05) is 12.1 Å². The average Bonchev–Trinajstić information content (AvgIpc) is 2.26. The molecule has 0 unspecified atom stereocenters. The van der Waals surface area contributed by atoms with Gasteiger partial charge in [0.25, 0.3) is 0 Å². The number of benzene rings is 1. The highest BCUT2D eigenvalue weighted by molar-refractivity contribution is 5.84. The van der Waals surface area contributed by atoms with Crippen molar-refractivity contribution >= 4 is 17.0 Å². The Labute approximate surface area is 101 Å². The quantitative estimate of drug-likeness (QED) is 0.681. The van der Waals surface area contributed by atoms with E-state index in [-0.39, 0.29) is 5.60 Å². The number of aryl methyl sites for hydroxylation is 1. The van der Waals surface area contributed by atoms with Gasteiger partial charge in [-0.3, -0.25) is 4.98 Å². The second-order valence-electron chi connectivity index (χ2n) is 5.07. The maximum atomic E-state index is 5.94. The molecule has 0 amide bonds. The molecule has 0 saturated carbocycles. The molecule has 0 spiro atoms. The summed E-state index contributed by atoms with van der Waals surface area (Å²) in [5.74, 6) is 0.940. The van der Waals surface area contributed by atoms with Crippen molar-refractivity contribution in [1.82, 2.24) is 4.98 Å². The number of fused-ring (bicyclic) bond motifs is 2. The fourth-order valence-corrected chi connectivity index (χ4v) is 2.09. The maximum Gasteiger partial charge on any atom is 0.128 e. The van der Waals surface area contributed by atoms with Crippen LogP contribution >= 0.6 is 0 Å². The van der Waals surface area contributed by atoms with E-state index >= 15 is 0 Å². The largest absolute Gasteiger partial charge is 0.483 e. The van der Waals surface area contributed by atoms with Crippen molar-refractivity contribution in [3.05, 3.63) is 41.6 Å². The number of ether oxygens (including phenoxy) is 1.